The number of carbonyl (C=O) groups excluding carboxylic acids is 1. The minimum atomic E-state index is -4.27. The fourth-order valence-corrected chi connectivity index (χ4v) is 2.18. The highest BCUT2D eigenvalue weighted by molar-refractivity contribution is 5.77. The third kappa shape index (κ3) is 6.77. The van der Waals surface area contributed by atoms with E-state index < -0.39 is 12.7 Å². The van der Waals surface area contributed by atoms with Gasteiger partial charge in [0.1, 0.15) is 0 Å². The number of hydrogen-bond donors (Lipinski definition) is 1. The Morgan fingerprint density at radius 3 is 2.47 bits per heavy atom. The molecular formula is C12H22F3N3O. The number of likely N-dealkylation sites (N-methyl/N-ethyl adjacent to an activating group) is 1. The molecule has 1 N–H and O–H groups in total. The molecule has 0 aliphatic carbocycles. The lowest BCUT2D eigenvalue weighted by molar-refractivity contribution is -0.133. The Bertz CT molecular complexity index is 288. The Hall–Kier alpha value is -0.820. The molecule has 0 atom stereocenters. The molecule has 0 aromatic rings. The van der Waals surface area contributed by atoms with Crippen LogP contribution >= 0.6 is 0 Å². The van der Waals surface area contributed by atoms with Crippen LogP contribution in [0.25, 0.3) is 0 Å². The molecular weight excluding hydrogens is 259 g/mol. The van der Waals surface area contributed by atoms with Gasteiger partial charge in [0.05, 0.1) is 13.1 Å². The van der Waals surface area contributed by atoms with Gasteiger partial charge >= 0.3 is 6.18 Å². The molecule has 0 radical (unpaired) electrons. The SMILES string of the molecule is CN1CCC(CN(C)C(=O)CNCC(F)(F)F)CC1. The van der Waals surface area contributed by atoms with E-state index in [-0.39, 0.29) is 12.5 Å². The van der Waals surface area contributed by atoms with Gasteiger partial charge in [-0.15, -0.1) is 0 Å². The highest BCUT2D eigenvalue weighted by Gasteiger charge is 2.27. The first kappa shape index (κ1) is 16.2. The predicted molar refractivity (Wildman–Crippen MR) is 66.8 cm³/mol. The summed E-state index contributed by atoms with van der Waals surface area (Å²) in [4.78, 5) is 15.4. The van der Waals surface area contributed by atoms with Gasteiger partial charge in [0.25, 0.3) is 0 Å². The number of rotatable bonds is 5. The molecule has 4 nitrogen and oxygen atoms in total. The molecule has 1 amide bonds. The van der Waals surface area contributed by atoms with Crippen LogP contribution in [0.4, 0.5) is 13.2 Å². The Labute approximate surface area is 111 Å². The number of likely N-dealkylation sites (tertiary alicyclic amines) is 1. The minimum absolute atomic E-state index is 0.261. The molecule has 0 aromatic heterocycles. The molecule has 19 heavy (non-hydrogen) atoms. The molecule has 0 bridgehead atoms. The summed E-state index contributed by atoms with van der Waals surface area (Å²) < 4.78 is 35.8. The number of nitrogens with one attached hydrogen (secondary N) is 1. The summed E-state index contributed by atoms with van der Waals surface area (Å²) in [5.74, 6) is 0.163. The number of carbonyl (C=O) groups is 1. The Balaban J connectivity index is 2.21. The second kappa shape index (κ2) is 7.09. The number of amides is 1. The maximum absolute atomic E-state index is 11.9. The quantitative estimate of drug-likeness (QED) is 0.814. The van der Waals surface area contributed by atoms with E-state index in [1.807, 2.05) is 0 Å². The zero-order chi connectivity index (χ0) is 14.5. The maximum atomic E-state index is 11.9. The molecule has 7 heteroatoms. The van der Waals surface area contributed by atoms with E-state index in [9.17, 15) is 18.0 Å². The summed E-state index contributed by atoms with van der Waals surface area (Å²) >= 11 is 0. The predicted octanol–water partition coefficient (Wildman–Crippen LogP) is 0.938. The van der Waals surface area contributed by atoms with Crippen molar-refractivity contribution in [3.05, 3.63) is 0 Å². The molecule has 1 aliphatic heterocycles. The average molecular weight is 281 g/mol. The second-order valence-corrected chi connectivity index (χ2v) is 5.24. The van der Waals surface area contributed by atoms with E-state index in [0.717, 1.165) is 25.9 Å². The van der Waals surface area contributed by atoms with Crippen molar-refractivity contribution in [2.75, 3.05) is 46.8 Å². The normalized spacial score (nSPS) is 18.6. The van der Waals surface area contributed by atoms with Crippen molar-refractivity contribution >= 4 is 5.91 Å². The van der Waals surface area contributed by atoms with Crippen molar-refractivity contribution in [1.29, 1.82) is 0 Å². The first-order chi connectivity index (χ1) is 8.78. The summed E-state index contributed by atoms with van der Waals surface area (Å²) in [5, 5.41) is 2.13. The summed E-state index contributed by atoms with van der Waals surface area (Å²) in [6, 6.07) is 0. The van der Waals surface area contributed by atoms with Gasteiger partial charge in [0.2, 0.25) is 5.91 Å². The molecule has 1 saturated heterocycles. The standard InChI is InChI=1S/C12H22F3N3O/c1-17-5-3-10(4-6-17)8-18(2)11(19)7-16-9-12(13,14)15/h10,16H,3-9H2,1-2H3. The lowest BCUT2D eigenvalue weighted by atomic mass is 9.97. The number of nitrogens with zero attached hydrogens (tertiary/aromatic N) is 2. The van der Waals surface area contributed by atoms with Crippen LogP contribution in [-0.2, 0) is 4.79 Å². The number of hydrogen-bond acceptors (Lipinski definition) is 3. The first-order valence-electron chi connectivity index (χ1n) is 6.48. The van der Waals surface area contributed by atoms with E-state index in [1.165, 1.54) is 4.90 Å². The molecule has 0 saturated carbocycles. The Morgan fingerprint density at radius 2 is 1.95 bits per heavy atom. The van der Waals surface area contributed by atoms with Gasteiger partial charge in [-0.05, 0) is 38.9 Å². The Morgan fingerprint density at radius 1 is 1.37 bits per heavy atom. The largest absolute Gasteiger partial charge is 0.401 e. The molecule has 0 aromatic carbocycles. The number of halogens is 3. The smallest absolute Gasteiger partial charge is 0.344 e. The zero-order valence-electron chi connectivity index (χ0n) is 11.5. The van der Waals surface area contributed by atoms with Crippen LogP contribution < -0.4 is 5.32 Å². The summed E-state index contributed by atoms with van der Waals surface area (Å²) in [7, 11) is 3.71. The number of piperidine rings is 1. The highest BCUT2D eigenvalue weighted by Crippen LogP contribution is 2.16. The molecule has 112 valence electrons. The van der Waals surface area contributed by atoms with Crippen LogP contribution in [0.5, 0.6) is 0 Å². The van der Waals surface area contributed by atoms with Crippen molar-refractivity contribution in [3.63, 3.8) is 0 Å². The van der Waals surface area contributed by atoms with Gasteiger partial charge in [0, 0.05) is 13.6 Å². The van der Waals surface area contributed by atoms with Crippen LogP contribution in [0, 0.1) is 5.92 Å². The summed E-state index contributed by atoms with van der Waals surface area (Å²) in [5.41, 5.74) is 0. The van der Waals surface area contributed by atoms with Crippen molar-refractivity contribution < 1.29 is 18.0 Å². The maximum Gasteiger partial charge on any atom is 0.401 e. The van der Waals surface area contributed by atoms with Gasteiger partial charge in [-0.1, -0.05) is 0 Å². The van der Waals surface area contributed by atoms with E-state index in [0.29, 0.717) is 12.5 Å². The van der Waals surface area contributed by atoms with Crippen LogP contribution in [0.1, 0.15) is 12.8 Å². The van der Waals surface area contributed by atoms with Crippen LogP contribution in [0.2, 0.25) is 0 Å². The second-order valence-electron chi connectivity index (χ2n) is 5.24. The molecule has 0 spiro atoms. The van der Waals surface area contributed by atoms with Crippen molar-refractivity contribution in [2.24, 2.45) is 5.92 Å². The van der Waals surface area contributed by atoms with Gasteiger partial charge in [-0.2, -0.15) is 13.2 Å². The lowest BCUT2D eigenvalue weighted by Gasteiger charge is -2.31. The molecule has 1 aliphatic rings. The first-order valence-corrected chi connectivity index (χ1v) is 6.48. The summed E-state index contributed by atoms with van der Waals surface area (Å²) in [6.45, 7) is 1.27. The number of alkyl halides is 3. The molecule has 1 fully saturated rings. The fourth-order valence-electron chi connectivity index (χ4n) is 2.18. The van der Waals surface area contributed by atoms with Gasteiger partial charge in [-0.3, -0.25) is 4.79 Å². The zero-order valence-corrected chi connectivity index (χ0v) is 11.5. The highest BCUT2D eigenvalue weighted by atomic mass is 19.4. The van der Waals surface area contributed by atoms with E-state index in [2.05, 4.69) is 17.3 Å². The summed E-state index contributed by atoms with van der Waals surface area (Å²) in [6.07, 6.45) is -2.21. The Kier molecular flexibility index (Phi) is 6.06. The van der Waals surface area contributed by atoms with Gasteiger partial charge in [-0.25, -0.2) is 0 Å². The third-order valence-corrected chi connectivity index (χ3v) is 3.40. The average Bonchev–Trinajstić information content (AvgIpc) is 2.30. The minimum Gasteiger partial charge on any atom is -0.344 e. The fraction of sp³-hybridized carbons (Fsp3) is 0.917. The third-order valence-electron chi connectivity index (χ3n) is 3.40. The topological polar surface area (TPSA) is 35.6 Å². The monoisotopic (exact) mass is 281 g/mol. The van der Waals surface area contributed by atoms with Gasteiger partial charge in [0.15, 0.2) is 0 Å². The van der Waals surface area contributed by atoms with Crippen LogP contribution in [0.3, 0.4) is 0 Å². The van der Waals surface area contributed by atoms with Crippen LogP contribution in [0.15, 0.2) is 0 Å². The molecule has 0 unspecified atom stereocenters. The van der Waals surface area contributed by atoms with E-state index in [4.69, 9.17) is 0 Å². The van der Waals surface area contributed by atoms with Gasteiger partial charge < -0.3 is 15.1 Å². The van der Waals surface area contributed by atoms with E-state index >= 15 is 0 Å². The molecule has 1 heterocycles. The molecule has 1 rings (SSSR count). The lowest BCUT2D eigenvalue weighted by Crippen LogP contribution is -2.42. The van der Waals surface area contributed by atoms with Crippen LogP contribution in [-0.4, -0.2) is 68.7 Å². The van der Waals surface area contributed by atoms with Crippen molar-refractivity contribution in [3.8, 4) is 0 Å². The van der Waals surface area contributed by atoms with Crippen molar-refractivity contribution in [1.82, 2.24) is 15.1 Å². The van der Waals surface area contributed by atoms with Crippen molar-refractivity contribution in [2.45, 2.75) is 19.0 Å². The van der Waals surface area contributed by atoms with E-state index in [1.54, 1.807) is 7.05 Å².